The molecule has 0 spiro atoms. The van der Waals surface area contributed by atoms with E-state index >= 15 is 0 Å². The van der Waals surface area contributed by atoms with Gasteiger partial charge >= 0.3 is 0 Å². The fourth-order valence-corrected chi connectivity index (χ4v) is 5.01. The van der Waals surface area contributed by atoms with Gasteiger partial charge in [0, 0.05) is 48.1 Å². The van der Waals surface area contributed by atoms with Crippen molar-refractivity contribution in [3.63, 3.8) is 0 Å². The number of benzene rings is 1. The summed E-state index contributed by atoms with van der Waals surface area (Å²) in [5.74, 6) is 0.320. The van der Waals surface area contributed by atoms with Crippen LogP contribution in [0.3, 0.4) is 0 Å². The quantitative estimate of drug-likeness (QED) is 0.559. The van der Waals surface area contributed by atoms with Crippen molar-refractivity contribution in [3.05, 3.63) is 70.3 Å². The van der Waals surface area contributed by atoms with E-state index in [1.165, 1.54) is 0 Å². The third kappa shape index (κ3) is 4.33. The summed E-state index contributed by atoms with van der Waals surface area (Å²) in [5, 5.41) is 11.2. The predicted molar refractivity (Wildman–Crippen MR) is 133 cm³/mol. The van der Waals surface area contributed by atoms with E-state index in [9.17, 15) is 4.79 Å². The number of amides is 1. The van der Waals surface area contributed by atoms with Crippen LogP contribution >= 0.6 is 11.6 Å². The molecular weight excluding hydrogens is 450 g/mol. The highest BCUT2D eigenvalue weighted by atomic mass is 35.5. The number of pyridine rings is 1. The number of halogens is 1. The van der Waals surface area contributed by atoms with Gasteiger partial charge in [0.2, 0.25) is 0 Å². The van der Waals surface area contributed by atoms with Crippen molar-refractivity contribution < 1.29 is 9.53 Å². The Bertz CT molecular complexity index is 1260. The van der Waals surface area contributed by atoms with E-state index in [-0.39, 0.29) is 5.91 Å². The van der Waals surface area contributed by atoms with Crippen LogP contribution < -0.4 is 15.4 Å². The van der Waals surface area contributed by atoms with Crippen LogP contribution in [0.25, 0.3) is 16.7 Å². The smallest absolute Gasteiger partial charge is 0.251 e. The normalized spacial score (nSPS) is 15.7. The number of rotatable bonds is 6. The summed E-state index contributed by atoms with van der Waals surface area (Å²) in [6.07, 6.45) is 11.7. The molecule has 176 valence electrons. The van der Waals surface area contributed by atoms with E-state index in [0.717, 1.165) is 65.9 Å². The molecule has 8 heteroatoms. The SMILES string of the molecule is CNC(=O)c1cc(CC2=CCc3ncc(-c4cnn(C5CCNCC5)c4)cc32)c(Cl)c(OC)c1. The first-order valence-corrected chi connectivity index (χ1v) is 12.0. The summed E-state index contributed by atoms with van der Waals surface area (Å²) in [6.45, 7) is 2.06. The van der Waals surface area contributed by atoms with E-state index in [1.807, 2.05) is 18.5 Å². The van der Waals surface area contributed by atoms with Gasteiger partial charge in [-0.3, -0.25) is 14.5 Å². The Morgan fingerprint density at radius 1 is 1.24 bits per heavy atom. The van der Waals surface area contributed by atoms with Gasteiger partial charge in [-0.2, -0.15) is 5.10 Å². The van der Waals surface area contributed by atoms with Gasteiger partial charge in [-0.15, -0.1) is 0 Å². The molecule has 1 fully saturated rings. The number of nitrogens with one attached hydrogen (secondary N) is 2. The average Bonchev–Trinajstić information content (AvgIpc) is 3.53. The molecule has 1 aliphatic heterocycles. The number of fused-ring (bicyclic) bond motifs is 1. The van der Waals surface area contributed by atoms with Crippen LogP contribution in [0.4, 0.5) is 0 Å². The Hall–Kier alpha value is -3.16. The number of hydrogen-bond acceptors (Lipinski definition) is 5. The molecule has 34 heavy (non-hydrogen) atoms. The highest BCUT2D eigenvalue weighted by Crippen LogP contribution is 2.37. The van der Waals surface area contributed by atoms with Gasteiger partial charge in [0.1, 0.15) is 5.75 Å². The Morgan fingerprint density at radius 2 is 2.06 bits per heavy atom. The second kappa shape index (κ2) is 9.60. The Labute approximate surface area is 204 Å². The minimum Gasteiger partial charge on any atom is -0.495 e. The first-order valence-electron chi connectivity index (χ1n) is 11.6. The predicted octanol–water partition coefficient (Wildman–Crippen LogP) is 4.07. The van der Waals surface area contributed by atoms with Gasteiger partial charge < -0.3 is 15.4 Å². The van der Waals surface area contributed by atoms with Crippen molar-refractivity contribution in [2.45, 2.75) is 31.7 Å². The molecule has 1 saturated heterocycles. The molecule has 0 unspecified atom stereocenters. The lowest BCUT2D eigenvalue weighted by atomic mass is 9.97. The molecule has 2 N–H and O–H groups in total. The number of ether oxygens (including phenoxy) is 1. The highest BCUT2D eigenvalue weighted by Gasteiger charge is 2.21. The molecule has 5 rings (SSSR count). The Balaban J connectivity index is 1.43. The third-order valence-corrected chi connectivity index (χ3v) is 7.11. The van der Waals surface area contributed by atoms with Gasteiger partial charge in [0.25, 0.3) is 5.91 Å². The lowest BCUT2D eigenvalue weighted by Gasteiger charge is -2.22. The van der Waals surface area contributed by atoms with Gasteiger partial charge in [-0.25, -0.2) is 0 Å². The van der Waals surface area contributed by atoms with E-state index < -0.39 is 0 Å². The molecule has 1 aromatic carbocycles. The minimum atomic E-state index is -0.174. The number of allylic oxidation sites excluding steroid dienone is 2. The number of carbonyl (C=O) groups is 1. The fraction of sp³-hybridized carbons (Fsp3) is 0.346. The summed E-state index contributed by atoms with van der Waals surface area (Å²) in [7, 11) is 3.17. The average molecular weight is 478 g/mol. The van der Waals surface area contributed by atoms with Crippen molar-refractivity contribution in [3.8, 4) is 16.9 Å². The zero-order chi connectivity index (χ0) is 23.7. The molecule has 1 aliphatic carbocycles. The molecule has 0 bridgehead atoms. The van der Waals surface area contributed by atoms with Gasteiger partial charge in [-0.1, -0.05) is 17.7 Å². The maximum absolute atomic E-state index is 12.3. The molecule has 3 heterocycles. The zero-order valence-electron chi connectivity index (χ0n) is 19.4. The number of carbonyl (C=O) groups excluding carboxylic acids is 1. The monoisotopic (exact) mass is 477 g/mol. The molecule has 0 saturated carbocycles. The van der Waals surface area contributed by atoms with E-state index in [4.69, 9.17) is 21.3 Å². The number of methoxy groups -OCH3 is 1. The van der Waals surface area contributed by atoms with E-state index in [2.05, 4.69) is 38.8 Å². The first-order chi connectivity index (χ1) is 16.6. The van der Waals surface area contributed by atoms with Crippen molar-refractivity contribution in [1.29, 1.82) is 0 Å². The van der Waals surface area contributed by atoms with Gasteiger partial charge in [-0.05, 0) is 61.7 Å². The van der Waals surface area contributed by atoms with Crippen LogP contribution in [0.5, 0.6) is 5.75 Å². The van der Waals surface area contributed by atoms with Crippen LogP contribution in [0, 0.1) is 0 Å². The van der Waals surface area contributed by atoms with Gasteiger partial charge in [0.15, 0.2) is 0 Å². The van der Waals surface area contributed by atoms with Crippen molar-refractivity contribution >= 4 is 23.1 Å². The molecule has 1 amide bonds. The van der Waals surface area contributed by atoms with Crippen LogP contribution in [0.2, 0.25) is 5.02 Å². The van der Waals surface area contributed by atoms with Crippen LogP contribution in [-0.2, 0) is 12.8 Å². The van der Waals surface area contributed by atoms with E-state index in [1.54, 1.807) is 20.2 Å². The molecule has 2 aromatic heterocycles. The Kier molecular flexibility index (Phi) is 6.39. The lowest BCUT2D eigenvalue weighted by molar-refractivity contribution is 0.0962. The number of nitrogens with zero attached hydrogens (tertiary/aromatic N) is 3. The standard InChI is InChI=1S/C26H28ClN5O2/c1-28-26(33)18-10-17(25(27)24(12-18)34-2)9-16-3-4-23-22(16)11-19(13-30-23)20-14-31-32(15-20)21-5-7-29-8-6-21/h3,10-15,21,29H,4-9H2,1-2H3,(H,28,33). The second-order valence-electron chi connectivity index (χ2n) is 8.75. The lowest BCUT2D eigenvalue weighted by Crippen LogP contribution is -2.29. The summed E-state index contributed by atoms with van der Waals surface area (Å²) in [4.78, 5) is 17.0. The van der Waals surface area contributed by atoms with Crippen molar-refractivity contribution in [1.82, 2.24) is 25.4 Å². The van der Waals surface area contributed by atoms with Crippen LogP contribution in [0.15, 0.2) is 42.9 Å². The fourth-order valence-electron chi connectivity index (χ4n) is 4.76. The van der Waals surface area contributed by atoms with Crippen LogP contribution in [-0.4, -0.2) is 47.9 Å². The molecular formula is C26H28ClN5O2. The Morgan fingerprint density at radius 3 is 2.82 bits per heavy atom. The maximum Gasteiger partial charge on any atom is 0.251 e. The molecule has 0 atom stereocenters. The molecule has 3 aromatic rings. The number of hydrogen-bond donors (Lipinski definition) is 2. The van der Waals surface area contributed by atoms with Crippen molar-refractivity contribution in [2.75, 3.05) is 27.2 Å². The molecule has 2 aliphatic rings. The van der Waals surface area contributed by atoms with E-state index in [0.29, 0.717) is 28.8 Å². The summed E-state index contributed by atoms with van der Waals surface area (Å²) >= 11 is 6.62. The number of aromatic nitrogens is 3. The minimum absolute atomic E-state index is 0.174. The highest BCUT2D eigenvalue weighted by molar-refractivity contribution is 6.33. The maximum atomic E-state index is 12.3. The summed E-state index contributed by atoms with van der Waals surface area (Å²) in [5.41, 5.74) is 6.81. The topological polar surface area (TPSA) is 81.1 Å². The number of piperidine rings is 1. The van der Waals surface area contributed by atoms with Crippen molar-refractivity contribution in [2.24, 2.45) is 0 Å². The summed E-state index contributed by atoms with van der Waals surface area (Å²) < 4.78 is 7.52. The second-order valence-corrected chi connectivity index (χ2v) is 9.13. The van der Waals surface area contributed by atoms with Gasteiger partial charge in [0.05, 0.1) is 30.1 Å². The zero-order valence-corrected chi connectivity index (χ0v) is 20.2. The largest absolute Gasteiger partial charge is 0.495 e. The molecule has 0 radical (unpaired) electrons. The summed E-state index contributed by atoms with van der Waals surface area (Å²) in [6, 6.07) is 6.14. The third-order valence-electron chi connectivity index (χ3n) is 6.68. The van der Waals surface area contributed by atoms with Crippen LogP contribution in [0.1, 0.15) is 46.1 Å². The molecule has 7 nitrogen and oxygen atoms in total. The first kappa shape index (κ1) is 22.6.